The fraction of sp³-hybridized carbons (Fsp3) is 0.600. The molecule has 3 fully saturated rings. The summed E-state index contributed by atoms with van der Waals surface area (Å²) in [6, 6.07) is 21.4. The molecule has 2 saturated carbocycles. The van der Waals surface area contributed by atoms with Gasteiger partial charge in [0, 0.05) is 0 Å². The van der Waals surface area contributed by atoms with Crippen LogP contribution in [0.15, 0.2) is 72.8 Å². The third-order valence-corrected chi connectivity index (χ3v) is 12.0. The van der Waals surface area contributed by atoms with Gasteiger partial charge in [-0.2, -0.15) is 0 Å². The average molecular weight is 613 g/mol. The maximum atomic E-state index is 13.3. The number of carbonyl (C=O) groups excluding carboxylic acids is 2. The molecular formula is C40H52O5. The number of esters is 2. The van der Waals surface area contributed by atoms with Crippen LogP contribution in [0.5, 0.6) is 0 Å². The molecule has 4 aliphatic rings. The third-order valence-electron chi connectivity index (χ3n) is 12.0. The van der Waals surface area contributed by atoms with Gasteiger partial charge in [0.25, 0.3) is 0 Å². The molecular weight excluding hydrogens is 560 g/mol. The Labute approximate surface area is 270 Å². The van der Waals surface area contributed by atoms with Gasteiger partial charge in [0.05, 0.1) is 24.4 Å². The normalized spacial score (nSPS) is 35.6. The summed E-state index contributed by atoms with van der Waals surface area (Å²) in [6.07, 6.45) is 9.21. The van der Waals surface area contributed by atoms with Crippen LogP contribution in [0.4, 0.5) is 0 Å². The van der Waals surface area contributed by atoms with Crippen molar-refractivity contribution in [3.63, 3.8) is 0 Å². The summed E-state index contributed by atoms with van der Waals surface area (Å²) in [5, 5.41) is 0. The van der Waals surface area contributed by atoms with Crippen LogP contribution in [-0.4, -0.2) is 36.4 Å². The third kappa shape index (κ3) is 6.32. The molecule has 10 atom stereocenters. The van der Waals surface area contributed by atoms with Gasteiger partial charge in [-0.1, -0.05) is 127 Å². The van der Waals surface area contributed by atoms with Gasteiger partial charge in [-0.3, -0.25) is 9.59 Å². The largest absolute Gasteiger partial charge is 0.393 e. The van der Waals surface area contributed by atoms with Crippen LogP contribution < -0.4 is 0 Å². The Hall–Kier alpha value is -2.76. The number of carbonyl (C=O) groups is 2. The Bertz CT molecular complexity index is 1260. The highest BCUT2D eigenvalue weighted by molar-refractivity contribution is 5.97. The van der Waals surface area contributed by atoms with Crippen molar-refractivity contribution in [2.75, 3.05) is 0 Å². The lowest BCUT2D eigenvalue weighted by molar-refractivity contribution is -0.155. The lowest BCUT2D eigenvalue weighted by Gasteiger charge is -2.47. The van der Waals surface area contributed by atoms with Crippen LogP contribution in [0.3, 0.4) is 0 Å². The molecule has 242 valence electrons. The van der Waals surface area contributed by atoms with E-state index >= 15 is 0 Å². The monoisotopic (exact) mass is 612 g/mol. The van der Waals surface area contributed by atoms with E-state index in [1.54, 1.807) is 0 Å². The van der Waals surface area contributed by atoms with Crippen LogP contribution in [0.2, 0.25) is 0 Å². The summed E-state index contributed by atoms with van der Waals surface area (Å²) in [6.45, 7) is 13.8. The fourth-order valence-corrected chi connectivity index (χ4v) is 9.10. The molecule has 0 radical (unpaired) electrons. The van der Waals surface area contributed by atoms with E-state index < -0.39 is 36.0 Å². The van der Waals surface area contributed by atoms with E-state index in [1.807, 2.05) is 12.2 Å². The molecule has 2 aromatic carbocycles. The SMILES string of the molecule is C[C@@H]1CC[C@@H](C(C)(C)c2ccccc2)[C@H](O[C@H]2C=C[C@@H](O[C@@H]3C[C@H](C)CC[C@H]3C(C)(C)c3ccccc3)[C@H]3C(=O)OC(=O)[C@H]32)C1. The lowest BCUT2D eigenvalue weighted by Crippen LogP contribution is -2.50. The van der Waals surface area contributed by atoms with Gasteiger partial charge in [-0.05, 0) is 71.3 Å². The zero-order valence-corrected chi connectivity index (χ0v) is 28.0. The molecule has 2 aromatic rings. The lowest BCUT2D eigenvalue weighted by atomic mass is 9.64. The predicted octanol–water partition coefficient (Wildman–Crippen LogP) is 8.21. The molecule has 1 heterocycles. The molecule has 0 amide bonds. The quantitative estimate of drug-likeness (QED) is 0.171. The molecule has 0 unspecified atom stereocenters. The first-order chi connectivity index (χ1) is 21.5. The maximum absolute atomic E-state index is 13.3. The van der Waals surface area contributed by atoms with Gasteiger partial charge >= 0.3 is 11.9 Å². The van der Waals surface area contributed by atoms with E-state index in [2.05, 4.69) is 102 Å². The second kappa shape index (κ2) is 12.8. The summed E-state index contributed by atoms with van der Waals surface area (Å²) >= 11 is 0. The summed E-state index contributed by atoms with van der Waals surface area (Å²) in [5.74, 6) is -0.689. The number of rotatable bonds is 8. The van der Waals surface area contributed by atoms with E-state index in [1.165, 1.54) is 11.1 Å². The average Bonchev–Trinajstić information content (AvgIpc) is 3.33. The van der Waals surface area contributed by atoms with Gasteiger partial charge < -0.3 is 14.2 Å². The van der Waals surface area contributed by atoms with Crippen molar-refractivity contribution >= 4 is 11.9 Å². The van der Waals surface area contributed by atoms with Crippen molar-refractivity contribution in [3.8, 4) is 0 Å². The minimum absolute atomic E-state index is 0.0320. The summed E-state index contributed by atoms with van der Waals surface area (Å²) in [4.78, 5) is 26.6. The number of benzene rings is 2. The van der Waals surface area contributed by atoms with E-state index in [0.29, 0.717) is 11.8 Å². The summed E-state index contributed by atoms with van der Waals surface area (Å²) in [7, 11) is 0. The van der Waals surface area contributed by atoms with Crippen LogP contribution in [0, 0.1) is 35.5 Å². The van der Waals surface area contributed by atoms with E-state index in [0.717, 1.165) is 38.5 Å². The Morgan fingerprint density at radius 2 is 0.978 bits per heavy atom. The Morgan fingerprint density at radius 3 is 1.36 bits per heavy atom. The first kappa shape index (κ1) is 32.2. The Balaban J connectivity index is 1.25. The molecule has 1 aliphatic heterocycles. The van der Waals surface area contributed by atoms with Crippen molar-refractivity contribution in [1.29, 1.82) is 0 Å². The zero-order valence-electron chi connectivity index (χ0n) is 28.0. The molecule has 0 N–H and O–H groups in total. The number of hydrogen-bond acceptors (Lipinski definition) is 5. The molecule has 0 spiro atoms. The van der Waals surface area contributed by atoms with E-state index in [4.69, 9.17) is 14.2 Å². The van der Waals surface area contributed by atoms with Crippen molar-refractivity contribution < 1.29 is 23.8 Å². The summed E-state index contributed by atoms with van der Waals surface area (Å²) in [5.41, 5.74) is 2.40. The fourth-order valence-electron chi connectivity index (χ4n) is 9.10. The number of fused-ring (bicyclic) bond motifs is 1. The minimum atomic E-state index is -0.688. The highest BCUT2D eigenvalue weighted by Crippen LogP contribution is 2.48. The molecule has 0 bridgehead atoms. The van der Waals surface area contributed by atoms with E-state index in [9.17, 15) is 9.59 Å². The predicted molar refractivity (Wildman–Crippen MR) is 176 cm³/mol. The highest BCUT2D eigenvalue weighted by atomic mass is 16.6. The van der Waals surface area contributed by atoms with Crippen LogP contribution in [-0.2, 0) is 34.6 Å². The minimum Gasteiger partial charge on any atom is -0.393 e. The van der Waals surface area contributed by atoms with Gasteiger partial charge in [-0.25, -0.2) is 0 Å². The van der Waals surface area contributed by atoms with E-state index in [-0.39, 0.29) is 34.9 Å². The molecule has 6 rings (SSSR count). The highest BCUT2D eigenvalue weighted by Gasteiger charge is 2.56. The molecule has 45 heavy (non-hydrogen) atoms. The second-order valence-corrected chi connectivity index (χ2v) is 15.7. The smallest absolute Gasteiger partial charge is 0.320 e. The van der Waals surface area contributed by atoms with Crippen molar-refractivity contribution in [2.24, 2.45) is 35.5 Å². The maximum Gasteiger partial charge on any atom is 0.320 e. The van der Waals surface area contributed by atoms with Gasteiger partial charge in [-0.15, -0.1) is 0 Å². The first-order valence-electron chi connectivity index (χ1n) is 17.3. The second-order valence-electron chi connectivity index (χ2n) is 15.7. The number of ether oxygens (including phenoxy) is 3. The molecule has 1 saturated heterocycles. The standard InChI is InChI=1S/C40H52O5/c1-25-17-19-29(39(3,4)27-13-9-7-10-14-27)33(23-25)43-31-21-22-32(36-35(31)37(41)45-38(36)42)44-34-24-26(2)18-20-30(34)40(5,6)28-15-11-8-12-16-28/h7-16,21-22,25-26,29-36H,17-20,23-24H2,1-6H3/t25-,26-,29-,30-,31-,32+,33-,34-,35-,36+/m1/s1. The molecule has 5 nitrogen and oxygen atoms in total. The first-order valence-corrected chi connectivity index (χ1v) is 17.3. The number of hydrogen-bond donors (Lipinski definition) is 0. The Kier molecular flexibility index (Phi) is 9.15. The van der Waals surface area contributed by atoms with Crippen molar-refractivity contribution in [2.45, 2.75) is 115 Å². The van der Waals surface area contributed by atoms with Crippen LogP contribution >= 0.6 is 0 Å². The summed E-state index contributed by atoms with van der Waals surface area (Å²) < 4.78 is 19.2. The van der Waals surface area contributed by atoms with Crippen LogP contribution in [0.1, 0.15) is 91.2 Å². The zero-order chi connectivity index (χ0) is 31.9. The molecule has 0 aromatic heterocycles. The molecule has 3 aliphatic carbocycles. The van der Waals surface area contributed by atoms with Crippen LogP contribution in [0.25, 0.3) is 0 Å². The topological polar surface area (TPSA) is 61.8 Å². The van der Waals surface area contributed by atoms with Gasteiger partial charge in [0.15, 0.2) is 0 Å². The molecule has 5 heteroatoms. The number of cyclic esters (lactones) is 2. The van der Waals surface area contributed by atoms with Crippen molar-refractivity contribution in [1.82, 2.24) is 0 Å². The van der Waals surface area contributed by atoms with Crippen molar-refractivity contribution in [3.05, 3.63) is 83.9 Å². The van der Waals surface area contributed by atoms with Gasteiger partial charge in [0.1, 0.15) is 11.8 Å². The van der Waals surface area contributed by atoms with Gasteiger partial charge in [0.2, 0.25) is 0 Å². The Morgan fingerprint density at radius 1 is 0.600 bits per heavy atom.